The summed E-state index contributed by atoms with van der Waals surface area (Å²) in [5.74, 6) is -1.41. The zero-order valence-electron chi connectivity index (χ0n) is 15.9. The normalized spacial score (nSPS) is 20.2. The number of piperidine rings is 1. The molecule has 2 aliphatic rings. The van der Waals surface area contributed by atoms with Crippen molar-refractivity contribution in [3.8, 4) is 0 Å². The van der Waals surface area contributed by atoms with Crippen LogP contribution in [-0.4, -0.2) is 29.8 Å². The minimum Gasteiger partial charge on any atom is -0.467 e. The first-order valence-electron chi connectivity index (χ1n) is 9.70. The van der Waals surface area contributed by atoms with Gasteiger partial charge in [0.25, 0.3) is 0 Å². The molecule has 29 heavy (non-hydrogen) atoms. The second-order valence-electron chi connectivity index (χ2n) is 7.72. The summed E-state index contributed by atoms with van der Waals surface area (Å²) in [5, 5.41) is 2.91. The summed E-state index contributed by atoms with van der Waals surface area (Å²) >= 11 is 0. The second kappa shape index (κ2) is 7.81. The monoisotopic (exact) mass is 400 g/mol. The molecule has 2 heterocycles. The zero-order valence-corrected chi connectivity index (χ0v) is 15.9. The predicted octanol–water partition coefficient (Wildman–Crippen LogP) is 3.52. The summed E-state index contributed by atoms with van der Waals surface area (Å²) in [6.45, 7) is 1.48. The van der Waals surface area contributed by atoms with Gasteiger partial charge in [0.05, 0.1) is 12.8 Å². The van der Waals surface area contributed by atoms with E-state index in [2.05, 4.69) is 5.32 Å². The highest BCUT2D eigenvalue weighted by Gasteiger charge is 2.58. The minimum atomic E-state index is -0.962. The number of carbonyl (C=O) groups excluding carboxylic acids is 2. The number of amides is 2. The molecular formula is C22H22F2N2O3. The van der Waals surface area contributed by atoms with Gasteiger partial charge in [0.15, 0.2) is 11.6 Å². The summed E-state index contributed by atoms with van der Waals surface area (Å²) in [4.78, 5) is 26.5. The summed E-state index contributed by atoms with van der Waals surface area (Å²) in [5.41, 5.74) is 0.0184. The Balaban J connectivity index is 1.27. The molecule has 1 saturated heterocycles. The van der Waals surface area contributed by atoms with Crippen LogP contribution in [0.4, 0.5) is 8.78 Å². The topological polar surface area (TPSA) is 62.6 Å². The van der Waals surface area contributed by atoms with E-state index in [9.17, 15) is 18.4 Å². The van der Waals surface area contributed by atoms with E-state index in [0.717, 1.165) is 31.1 Å². The van der Waals surface area contributed by atoms with Crippen molar-refractivity contribution in [1.82, 2.24) is 10.2 Å². The van der Waals surface area contributed by atoms with Crippen molar-refractivity contribution < 1.29 is 22.8 Å². The maximum Gasteiger partial charge on any atom is 0.246 e. The fourth-order valence-electron chi connectivity index (χ4n) is 4.07. The fourth-order valence-corrected chi connectivity index (χ4v) is 4.07. The number of likely N-dealkylation sites (tertiary alicyclic amines) is 1. The number of hydrogen-bond acceptors (Lipinski definition) is 3. The lowest BCUT2D eigenvalue weighted by atomic mass is 9.90. The first-order valence-corrected chi connectivity index (χ1v) is 9.70. The molecule has 1 aliphatic carbocycles. The van der Waals surface area contributed by atoms with Crippen LogP contribution in [0.3, 0.4) is 0 Å². The highest BCUT2D eigenvalue weighted by molar-refractivity contribution is 5.92. The molecule has 152 valence electrons. The Morgan fingerprint density at radius 1 is 1.21 bits per heavy atom. The van der Waals surface area contributed by atoms with Gasteiger partial charge in [-0.1, -0.05) is 12.1 Å². The fraction of sp³-hybridized carbons (Fsp3) is 0.364. The van der Waals surface area contributed by atoms with Crippen LogP contribution in [-0.2, 0) is 16.1 Å². The van der Waals surface area contributed by atoms with Gasteiger partial charge >= 0.3 is 0 Å². The Hall–Kier alpha value is -2.96. The number of hydrogen-bond donors (Lipinski definition) is 1. The van der Waals surface area contributed by atoms with Crippen molar-refractivity contribution in [3.05, 3.63) is 65.6 Å². The first kappa shape index (κ1) is 19.4. The van der Waals surface area contributed by atoms with Crippen LogP contribution < -0.4 is 5.32 Å². The summed E-state index contributed by atoms with van der Waals surface area (Å²) < 4.78 is 32.1. The third kappa shape index (κ3) is 4.09. The largest absolute Gasteiger partial charge is 0.467 e. The van der Waals surface area contributed by atoms with Crippen LogP contribution in [0, 0.1) is 23.0 Å². The Kier molecular flexibility index (Phi) is 5.22. The van der Waals surface area contributed by atoms with E-state index in [-0.39, 0.29) is 28.7 Å². The van der Waals surface area contributed by atoms with Crippen molar-refractivity contribution in [2.75, 3.05) is 13.1 Å². The number of benzene rings is 1. The molecule has 1 N–H and O–H groups in total. The maximum atomic E-state index is 13.7. The molecule has 1 spiro atoms. The van der Waals surface area contributed by atoms with Crippen LogP contribution in [0.25, 0.3) is 6.08 Å². The van der Waals surface area contributed by atoms with Crippen LogP contribution in [0.5, 0.6) is 0 Å². The standard InChI is InChI=1S/C22H22F2N2O3/c23-18-5-1-3-15(20(18)24)6-7-19(27)26-10-8-22(9-11-26)13-17(22)21(28)25-14-16-4-2-12-29-16/h1-7,12,17H,8-11,13-14H2,(H,25,28)/b7-6+. The van der Waals surface area contributed by atoms with Gasteiger partial charge in [-0.15, -0.1) is 0 Å². The second-order valence-corrected chi connectivity index (χ2v) is 7.72. The molecule has 0 bridgehead atoms. The molecule has 2 aromatic rings. The third-order valence-electron chi connectivity index (χ3n) is 5.98. The summed E-state index contributed by atoms with van der Waals surface area (Å²) in [6.07, 6.45) is 6.51. The SMILES string of the molecule is O=C(NCc1ccco1)C1CC12CCN(C(=O)/C=C/c1cccc(F)c1F)CC2. The maximum absolute atomic E-state index is 13.7. The van der Waals surface area contributed by atoms with E-state index in [4.69, 9.17) is 4.42 Å². The van der Waals surface area contributed by atoms with Crippen molar-refractivity contribution in [2.45, 2.75) is 25.8 Å². The molecule has 1 unspecified atom stereocenters. The molecule has 7 heteroatoms. The van der Waals surface area contributed by atoms with Crippen LogP contribution in [0.15, 0.2) is 47.1 Å². The Morgan fingerprint density at radius 3 is 2.72 bits per heavy atom. The molecule has 4 rings (SSSR count). The summed E-state index contributed by atoms with van der Waals surface area (Å²) in [7, 11) is 0. The van der Waals surface area contributed by atoms with Crippen LogP contribution >= 0.6 is 0 Å². The van der Waals surface area contributed by atoms with E-state index in [1.165, 1.54) is 24.3 Å². The van der Waals surface area contributed by atoms with Gasteiger partial charge in [0.2, 0.25) is 11.8 Å². The molecule has 2 amide bonds. The highest BCUT2D eigenvalue weighted by atomic mass is 19.2. The quantitative estimate of drug-likeness (QED) is 0.782. The van der Waals surface area contributed by atoms with Crippen LogP contribution in [0.1, 0.15) is 30.6 Å². The van der Waals surface area contributed by atoms with Crippen molar-refractivity contribution in [3.63, 3.8) is 0 Å². The lowest BCUT2D eigenvalue weighted by Gasteiger charge is -2.32. The molecule has 0 radical (unpaired) electrons. The highest BCUT2D eigenvalue weighted by Crippen LogP contribution is 2.59. The molecule has 1 atom stereocenters. The molecular weight excluding hydrogens is 378 g/mol. The Bertz CT molecular complexity index is 932. The summed E-state index contributed by atoms with van der Waals surface area (Å²) in [6, 6.07) is 7.45. The van der Waals surface area contributed by atoms with E-state index in [1.807, 2.05) is 6.07 Å². The lowest BCUT2D eigenvalue weighted by molar-refractivity contribution is -0.127. The van der Waals surface area contributed by atoms with Crippen molar-refractivity contribution in [1.29, 1.82) is 0 Å². The zero-order chi connectivity index (χ0) is 20.4. The average Bonchev–Trinajstić information content (AvgIpc) is 3.16. The molecule has 1 aromatic carbocycles. The molecule has 2 fully saturated rings. The van der Waals surface area contributed by atoms with Crippen molar-refractivity contribution in [2.24, 2.45) is 11.3 Å². The van der Waals surface area contributed by atoms with Crippen LogP contribution in [0.2, 0.25) is 0 Å². The molecule has 1 aliphatic heterocycles. The van der Waals surface area contributed by atoms with E-state index in [1.54, 1.807) is 17.2 Å². The van der Waals surface area contributed by atoms with Gasteiger partial charge in [0.1, 0.15) is 5.76 Å². The van der Waals surface area contributed by atoms with Gasteiger partial charge in [-0.05, 0) is 49.0 Å². The lowest BCUT2D eigenvalue weighted by Crippen LogP contribution is -2.39. The van der Waals surface area contributed by atoms with Gasteiger partial charge in [-0.3, -0.25) is 9.59 Å². The number of carbonyl (C=O) groups is 2. The van der Waals surface area contributed by atoms with Gasteiger partial charge < -0.3 is 14.6 Å². The number of furan rings is 1. The molecule has 1 saturated carbocycles. The van der Waals surface area contributed by atoms with Crippen molar-refractivity contribution >= 4 is 17.9 Å². The van der Waals surface area contributed by atoms with E-state index >= 15 is 0 Å². The Morgan fingerprint density at radius 2 is 2.00 bits per heavy atom. The third-order valence-corrected chi connectivity index (χ3v) is 5.98. The smallest absolute Gasteiger partial charge is 0.246 e. The minimum absolute atomic E-state index is 0.0216. The number of rotatable bonds is 5. The number of halogens is 2. The van der Waals surface area contributed by atoms with Gasteiger partial charge in [-0.2, -0.15) is 0 Å². The molecule has 1 aromatic heterocycles. The van der Waals surface area contributed by atoms with E-state index < -0.39 is 11.6 Å². The number of nitrogens with zero attached hydrogens (tertiary/aromatic N) is 1. The number of nitrogens with one attached hydrogen (secondary N) is 1. The first-order chi connectivity index (χ1) is 14.0. The van der Waals surface area contributed by atoms with Gasteiger partial charge in [0, 0.05) is 30.6 Å². The average molecular weight is 400 g/mol. The Labute approximate surface area is 167 Å². The van der Waals surface area contributed by atoms with E-state index in [0.29, 0.717) is 19.6 Å². The molecule has 5 nitrogen and oxygen atoms in total. The predicted molar refractivity (Wildman–Crippen MR) is 102 cm³/mol. The van der Waals surface area contributed by atoms with Gasteiger partial charge in [-0.25, -0.2) is 8.78 Å².